The fraction of sp³-hybridized carbons (Fsp3) is 0. The van der Waals surface area contributed by atoms with Gasteiger partial charge in [-0.25, -0.2) is 14.2 Å². The van der Waals surface area contributed by atoms with Gasteiger partial charge in [0.05, 0.1) is 5.56 Å². The van der Waals surface area contributed by atoms with Crippen molar-refractivity contribution in [2.75, 3.05) is 0 Å². The number of aromatic carboxylic acids is 1. The number of rotatable bonds is 3. The molecule has 18 heavy (non-hydrogen) atoms. The van der Waals surface area contributed by atoms with Gasteiger partial charge >= 0.3 is 5.97 Å². The number of hydrogen-bond acceptors (Lipinski definition) is 3. The summed E-state index contributed by atoms with van der Waals surface area (Å²) in [5.74, 6) is -1.46. The number of benzene rings is 1. The quantitative estimate of drug-likeness (QED) is 0.930. The average Bonchev–Trinajstić information content (AvgIpc) is 2.33. The van der Waals surface area contributed by atoms with Crippen LogP contribution in [0.1, 0.15) is 10.4 Å². The lowest BCUT2D eigenvalue weighted by Crippen LogP contribution is -1.95. The van der Waals surface area contributed by atoms with Crippen LogP contribution in [0.25, 0.3) is 0 Å². The summed E-state index contributed by atoms with van der Waals surface area (Å²) in [6.07, 6.45) is 1.49. The number of carboxylic acid groups (broad SMARTS) is 1. The van der Waals surface area contributed by atoms with Crippen LogP contribution in [0.2, 0.25) is 0 Å². The smallest absolute Gasteiger partial charge is 0.335 e. The van der Waals surface area contributed by atoms with E-state index < -0.39 is 11.8 Å². The van der Waals surface area contributed by atoms with Crippen molar-refractivity contribution in [2.45, 2.75) is 9.92 Å². The van der Waals surface area contributed by atoms with Crippen LogP contribution in [0.4, 0.5) is 4.39 Å². The van der Waals surface area contributed by atoms with Gasteiger partial charge in [0, 0.05) is 15.6 Å². The molecular formula is C12H7BrFNO2S. The SMILES string of the molecule is O=C(O)c1cccc(Sc2ncc(Br)cc2F)c1. The van der Waals surface area contributed by atoms with Crippen LogP contribution in [-0.4, -0.2) is 16.1 Å². The van der Waals surface area contributed by atoms with E-state index in [0.29, 0.717) is 9.37 Å². The Morgan fingerprint density at radius 3 is 2.83 bits per heavy atom. The minimum absolute atomic E-state index is 0.164. The molecule has 0 bridgehead atoms. The van der Waals surface area contributed by atoms with Gasteiger partial charge < -0.3 is 5.11 Å². The number of aromatic nitrogens is 1. The Hall–Kier alpha value is -1.40. The average molecular weight is 328 g/mol. The standard InChI is InChI=1S/C12H7BrFNO2S/c13-8-5-10(14)11(15-6-8)18-9-3-1-2-7(4-9)12(16)17/h1-6H,(H,16,17). The molecule has 1 aromatic heterocycles. The maximum atomic E-state index is 13.6. The zero-order chi connectivity index (χ0) is 13.1. The van der Waals surface area contributed by atoms with E-state index in [9.17, 15) is 9.18 Å². The summed E-state index contributed by atoms with van der Waals surface area (Å²) in [6.45, 7) is 0. The van der Waals surface area contributed by atoms with Gasteiger partial charge in [-0.3, -0.25) is 0 Å². The molecule has 1 heterocycles. The molecule has 0 unspecified atom stereocenters. The van der Waals surface area contributed by atoms with Crippen LogP contribution >= 0.6 is 27.7 Å². The van der Waals surface area contributed by atoms with E-state index >= 15 is 0 Å². The second kappa shape index (κ2) is 5.49. The lowest BCUT2D eigenvalue weighted by Gasteiger charge is -2.03. The van der Waals surface area contributed by atoms with E-state index in [1.54, 1.807) is 12.1 Å². The van der Waals surface area contributed by atoms with Crippen LogP contribution in [0.3, 0.4) is 0 Å². The predicted molar refractivity (Wildman–Crippen MR) is 69.4 cm³/mol. The molecule has 1 N–H and O–H groups in total. The van der Waals surface area contributed by atoms with E-state index in [1.807, 2.05) is 0 Å². The number of carbonyl (C=O) groups is 1. The van der Waals surface area contributed by atoms with Crippen LogP contribution in [0.15, 0.2) is 50.9 Å². The minimum atomic E-state index is -1.01. The molecule has 0 aliphatic carbocycles. The Labute approximate surface area is 115 Å². The first-order chi connectivity index (χ1) is 8.56. The highest BCUT2D eigenvalue weighted by Gasteiger charge is 2.09. The normalized spacial score (nSPS) is 10.3. The Kier molecular flexibility index (Phi) is 3.98. The van der Waals surface area contributed by atoms with E-state index in [2.05, 4.69) is 20.9 Å². The summed E-state index contributed by atoms with van der Waals surface area (Å²) < 4.78 is 14.1. The van der Waals surface area contributed by atoms with Gasteiger partial charge in [0.15, 0.2) is 5.82 Å². The second-order valence-electron chi connectivity index (χ2n) is 3.38. The number of hydrogen-bond donors (Lipinski definition) is 1. The number of carboxylic acids is 1. The van der Waals surface area contributed by atoms with Crippen molar-refractivity contribution in [1.29, 1.82) is 0 Å². The van der Waals surface area contributed by atoms with Gasteiger partial charge in [-0.1, -0.05) is 17.8 Å². The molecule has 2 aromatic rings. The number of halogens is 2. The first-order valence-corrected chi connectivity index (χ1v) is 6.49. The highest BCUT2D eigenvalue weighted by molar-refractivity contribution is 9.10. The molecule has 0 atom stereocenters. The fourth-order valence-electron chi connectivity index (χ4n) is 1.28. The van der Waals surface area contributed by atoms with Gasteiger partial charge in [0.2, 0.25) is 0 Å². The third-order valence-electron chi connectivity index (χ3n) is 2.07. The van der Waals surface area contributed by atoms with Crippen LogP contribution in [0, 0.1) is 5.82 Å². The van der Waals surface area contributed by atoms with E-state index in [-0.39, 0.29) is 10.6 Å². The molecule has 0 aliphatic rings. The van der Waals surface area contributed by atoms with Crippen LogP contribution in [0.5, 0.6) is 0 Å². The molecule has 0 saturated heterocycles. The van der Waals surface area contributed by atoms with E-state index in [0.717, 1.165) is 11.8 Å². The Morgan fingerprint density at radius 1 is 1.39 bits per heavy atom. The van der Waals surface area contributed by atoms with Gasteiger partial charge in [-0.2, -0.15) is 0 Å². The summed E-state index contributed by atoms with van der Waals surface area (Å²) in [5, 5.41) is 9.07. The molecule has 1 aromatic carbocycles. The van der Waals surface area contributed by atoms with E-state index in [1.165, 1.54) is 24.4 Å². The number of pyridine rings is 1. The van der Waals surface area contributed by atoms with Gasteiger partial charge in [-0.05, 0) is 40.2 Å². The summed E-state index contributed by atoms with van der Waals surface area (Å²) >= 11 is 4.21. The van der Waals surface area contributed by atoms with Gasteiger partial charge in [0.25, 0.3) is 0 Å². The summed E-state index contributed by atoms with van der Waals surface area (Å²) in [7, 11) is 0. The van der Waals surface area contributed by atoms with Crippen molar-refractivity contribution in [1.82, 2.24) is 4.98 Å². The summed E-state index contributed by atoms with van der Waals surface area (Å²) in [6, 6.07) is 7.60. The zero-order valence-corrected chi connectivity index (χ0v) is 11.3. The molecule has 3 nitrogen and oxygen atoms in total. The topological polar surface area (TPSA) is 50.2 Å². The van der Waals surface area contributed by atoms with Crippen LogP contribution in [-0.2, 0) is 0 Å². The Balaban J connectivity index is 2.28. The first kappa shape index (κ1) is 13.0. The van der Waals surface area contributed by atoms with Gasteiger partial charge in [-0.15, -0.1) is 0 Å². The first-order valence-electron chi connectivity index (χ1n) is 4.88. The molecule has 0 saturated carbocycles. The predicted octanol–water partition coefficient (Wildman–Crippen LogP) is 3.83. The van der Waals surface area contributed by atoms with Gasteiger partial charge in [0.1, 0.15) is 5.03 Å². The van der Waals surface area contributed by atoms with Crippen molar-refractivity contribution < 1.29 is 14.3 Å². The highest BCUT2D eigenvalue weighted by Crippen LogP contribution is 2.29. The van der Waals surface area contributed by atoms with Crippen molar-refractivity contribution in [3.05, 3.63) is 52.4 Å². The molecule has 0 aliphatic heterocycles. The molecule has 0 amide bonds. The number of nitrogens with zero attached hydrogens (tertiary/aromatic N) is 1. The summed E-state index contributed by atoms with van der Waals surface area (Å²) in [4.78, 5) is 15.4. The minimum Gasteiger partial charge on any atom is -0.478 e. The maximum Gasteiger partial charge on any atom is 0.335 e. The van der Waals surface area contributed by atoms with Crippen LogP contribution < -0.4 is 0 Å². The fourth-order valence-corrected chi connectivity index (χ4v) is 2.40. The zero-order valence-electron chi connectivity index (χ0n) is 8.93. The lowest BCUT2D eigenvalue weighted by atomic mass is 10.2. The third-order valence-corrected chi connectivity index (χ3v) is 3.49. The van der Waals surface area contributed by atoms with Crippen molar-refractivity contribution in [3.63, 3.8) is 0 Å². The molecule has 92 valence electrons. The van der Waals surface area contributed by atoms with Crippen molar-refractivity contribution >= 4 is 33.7 Å². The molecule has 0 fully saturated rings. The Morgan fingerprint density at radius 2 is 2.17 bits per heavy atom. The molecule has 0 radical (unpaired) electrons. The second-order valence-corrected chi connectivity index (χ2v) is 5.35. The molecule has 6 heteroatoms. The largest absolute Gasteiger partial charge is 0.478 e. The molecule has 0 spiro atoms. The van der Waals surface area contributed by atoms with Crippen molar-refractivity contribution in [2.24, 2.45) is 0 Å². The van der Waals surface area contributed by atoms with E-state index in [4.69, 9.17) is 5.11 Å². The monoisotopic (exact) mass is 327 g/mol. The highest BCUT2D eigenvalue weighted by atomic mass is 79.9. The molecule has 2 rings (SSSR count). The summed E-state index contributed by atoms with van der Waals surface area (Å²) in [5.41, 5.74) is 0.164. The Bertz CT molecular complexity index is 606. The lowest BCUT2D eigenvalue weighted by molar-refractivity contribution is 0.0696. The third kappa shape index (κ3) is 3.08. The molecular weight excluding hydrogens is 321 g/mol. The van der Waals surface area contributed by atoms with Crippen molar-refractivity contribution in [3.8, 4) is 0 Å². The maximum absolute atomic E-state index is 13.6.